The zero-order valence-electron chi connectivity index (χ0n) is 33.8. The number of hydrogen-bond acceptors (Lipinski definition) is 11. The van der Waals surface area contributed by atoms with Crippen molar-refractivity contribution in [2.45, 2.75) is 18.3 Å². The molecule has 0 saturated heterocycles. The van der Waals surface area contributed by atoms with Crippen LogP contribution in [0.1, 0.15) is 33.3 Å². The molecule has 0 aromatic heterocycles. The van der Waals surface area contributed by atoms with E-state index >= 15 is 0 Å². The molecular weight excluding hydrogens is 1060 g/mol. The summed E-state index contributed by atoms with van der Waals surface area (Å²) in [5, 5.41) is 8.43. The summed E-state index contributed by atoms with van der Waals surface area (Å²) < 4.78 is 135. The first kappa shape index (κ1) is 62.1. The Morgan fingerprint density at radius 3 is 1.50 bits per heavy atom. The van der Waals surface area contributed by atoms with Gasteiger partial charge in [0.05, 0.1) is 8.95 Å². The summed E-state index contributed by atoms with van der Waals surface area (Å²) in [5.74, 6) is -9.26. The van der Waals surface area contributed by atoms with Gasteiger partial charge < -0.3 is 38.2 Å². The summed E-state index contributed by atoms with van der Waals surface area (Å²) in [7, 11) is 2.87. The van der Waals surface area contributed by atoms with Crippen LogP contribution in [0, 0.1) is 23.3 Å². The van der Waals surface area contributed by atoms with Gasteiger partial charge in [-0.3, -0.25) is 29.1 Å². The summed E-state index contributed by atoms with van der Waals surface area (Å²) in [5.41, 5.74) is 12.9. The Balaban J connectivity index is -0.000000953. The van der Waals surface area contributed by atoms with Gasteiger partial charge in [-0.25, -0.2) is 22.6 Å². The zero-order chi connectivity index (χ0) is 46.6. The van der Waals surface area contributed by atoms with Crippen molar-refractivity contribution in [3.8, 4) is 11.5 Å². The Morgan fingerprint density at radius 1 is 0.766 bits per heavy atom. The molecule has 0 bridgehead atoms. The normalized spacial score (nSPS) is 13.7. The molecule has 1 unspecified atom stereocenters. The predicted octanol–water partition coefficient (Wildman–Crippen LogP) is 0.214. The molecule has 4 aromatic carbocycles. The first-order valence-electron chi connectivity index (χ1n) is 15.7. The van der Waals surface area contributed by atoms with E-state index in [2.05, 4.69) is 56.2 Å². The number of amides is 1. The first-order chi connectivity index (χ1) is 28.2. The summed E-state index contributed by atoms with van der Waals surface area (Å²) in [6.45, 7) is -0.181. The van der Waals surface area contributed by atoms with Crippen molar-refractivity contribution in [1.82, 2.24) is 4.90 Å². The summed E-state index contributed by atoms with van der Waals surface area (Å²) in [6.07, 6.45) is -10.2. The molecule has 0 spiro atoms. The molecule has 6 N–H and O–H groups in total. The van der Waals surface area contributed by atoms with Crippen molar-refractivity contribution >= 4 is 80.1 Å². The number of alkyl halides is 6. The van der Waals surface area contributed by atoms with Crippen molar-refractivity contribution in [1.29, 1.82) is 0 Å². The Labute approximate surface area is 423 Å². The van der Waals surface area contributed by atoms with E-state index in [9.17, 15) is 58.3 Å². The summed E-state index contributed by atoms with van der Waals surface area (Å²) in [4.78, 5) is 56.7. The Kier molecular flexibility index (Phi) is 26.0. The van der Waals surface area contributed by atoms with Crippen LogP contribution in [0.3, 0.4) is 0 Å². The van der Waals surface area contributed by atoms with E-state index in [1.807, 2.05) is 0 Å². The van der Waals surface area contributed by atoms with Crippen LogP contribution < -0.4 is 91.0 Å². The standard InChI is InChI=1S/C17H11BrF5N3O2.C15H6BrF5O3.C2H7N3.CH2O3.ClH.2Na.H/c1-26-14(27)16(25-15(26)24,8-2-4-11(19)10(18)6-8)9-3-5-13(12(20)7-9)28-17(21,22)23;16-9-5-7(1-3-10(9)17)13(22)14(23)8-2-4-12(11(18)6-8)24-15(19,20)21;1-5-2(3)4;2-1-4-3;;;;/h2-7H,1H3,(H2,24,25);1-6H;1H3,(H4,3,4,5);1,3H;1H;;;/q;;;;;2*+1;-1/p-1. The molecule has 1 atom stereocenters. The largest absolute Gasteiger partial charge is 1.00 e. The third kappa shape index (κ3) is 17.4. The molecule has 14 nitrogen and oxygen atoms in total. The molecule has 4 aromatic rings. The van der Waals surface area contributed by atoms with E-state index in [0.29, 0.717) is 18.2 Å². The number of rotatable bonds is 8. The first-order valence-corrected chi connectivity index (χ1v) is 17.3. The average molecular weight is 1090 g/mol. The van der Waals surface area contributed by atoms with Gasteiger partial charge >= 0.3 is 71.8 Å². The molecule has 0 aliphatic carbocycles. The number of nitrogens with two attached hydrogens (primary N) is 3. The fourth-order valence-electron chi connectivity index (χ4n) is 4.59. The van der Waals surface area contributed by atoms with Gasteiger partial charge in [-0.15, -0.1) is 38.7 Å². The van der Waals surface area contributed by atoms with E-state index in [1.54, 1.807) is 0 Å². The van der Waals surface area contributed by atoms with Crippen molar-refractivity contribution in [3.63, 3.8) is 0 Å². The van der Waals surface area contributed by atoms with E-state index in [0.717, 1.165) is 47.4 Å². The second-order valence-corrected chi connectivity index (χ2v) is 12.9. The van der Waals surface area contributed by atoms with Gasteiger partial charge in [0.25, 0.3) is 12.4 Å². The number of ketones is 2. The van der Waals surface area contributed by atoms with Gasteiger partial charge in [-0.2, -0.15) is 0 Å². The maximum Gasteiger partial charge on any atom is 1.00 e. The Bertz CT molecular complexity index is 2360. The number of aliphatic imine (C=N–C) groups is 2. The van der Waals surface area contributed by atoms with E-state index in [4.69, 9.17) is 27.3 Å². The van der Waals surface area contributed by atoms with Crippen molar-refractivity contribution in [2.75, 3.05) is 14.1 Å². The van der Waals surface area contributed by atoms with Crippen LogP contribution in [0.5, 0.6) is 11.5 Å². The van der Waals surface area contributed by atoms with Gasteiger partial charge in [-0.1, -0.05) is 12.1 Å². The summed E-state index contributed by atoms with van der Waals surface area (Å²) >= 11 is 5.85. The molecule has 5 rings (SSSR count). The molecule has 1 aliphatic rings. The second kappa shape index (κ2) is 26.8. The van der Waals surface area contributed by atoms with Gasteiger partial charge in [0, 0.05) is 25.2 Å². The van der Waals surface area contributed by atoms with Crippen LogP contribution in [0.15, 0.2) is 91.7 Å². The van der Waals surface area contributed by atoms with E-state index in [1.165, 1.54) is 26.2 Å². The van der Waals surface area contributed by atoms with Crippen LogP contribution in [-0.4, -0.2) is 67.6 Å². The number of guanidine groups is 2. The number of halogens is 13. The molecule has 1 amide bonds. The van der Waals surface area contributed by atoms with Crippen molar-refractivity contribution in [2.24, 2.45) is 27.2 Å². The number of benzene rings is 4. The Morgan fingerprint density at radius 2 is 1.14 bits per heavy atom. The number of ether oxygens (including phenoxy) is 2. The molecule has 1 heterocycles. The molecule has 0 fully saturated rings. The number of hydrogen-bond donors (Lipinski definition) is 3. The minimum absolute atomic E-state index is 0. The quantitative estimate of drug-likeness (QED) is 0.0249. The number of carbonyl (C=O) groups is 4. The van der Waals surface area contributed by atoms with Crippen LogP contribution in [0.2, 0.25) is 0 Å². The Hall–Kier alpha value is -3.99. The molecule has 29 heteroatoms. The smallest absolute Gasteiger partial charge is 1.00 e. The molecule has 64 heavy (non-hydrogen) atoms. The fraction of sp³-hybridized carbons (Fsp3) is 0.143. The minimum atomic E-state index is -5.09. The SMILES string of the molecule is CN1C(=O)C(c2ccc(OC(F)(F)F)c(F)c2)(c2ccc(F)c(Br)c2)N=C1N.CN=C(N)N.Cl.O=C(C(=O)c1ccc(F)c(Br)c1)c1ccc(OC(F)(F)F)c(F)c1.O=CO[O-].[H-].[Na+].[Na+]. The predicted molar refractivity (Wildman–Crippen MR) is 205 cm³/mol. The summed E-state index contributed by atoms with van der Waals surface area (Å²) in [6, 6.07) is 11.0. The molecule has 0 radical (unpaired) electrons. The molecule has 0 saturated carbocycles. The van der Waals surface area contributed by atoms with Gasteiger partial charge in [0.1, 0.15) is 11.6 Å². The zero-order valence-corrected chi connectivity index (χ0v) is 40.8. The number of likely N-dealkylation sites (N-methyl/N-ethyl adjacent to an activating group) is 1. The third-order valence-electron chi connectivity index (χ3n) is 7.26. The van der Waals surface area contributed by atoms with Crippen LogP contribution in [0.4, 0.5) is 43.9 Å². The number of carbonyl (C=O) groups excluding carboxylic acids is 4. The average Bonchev–Trinajstić information content (AvgIpc) is 3.41. The van der Waals surface area contributed by atoms with Gasteiger partial charge in [-0.05, 0) is 104 Å². The topological polar surface area (TPSA) is 225 Å². The van der Waals surface area contributed by atoms with Gasteiger partial charge in [0.2, 0.25) is 11.6 Å². The number of Topliss-reactive ketones (excluding diaryl/α,β-unsaturated/α-hetero) is 2. The van der Waals surface area contributed by atoms with Crippen molar-refractivity contribution in [3.05, 3.63) is 127 Å². The molecule has 1 aliphatic heterocycles. The van der Waals surface area contributed by atoms with Gasteiger partial charge in [0.15, 0.2) is 40.6 Å². The van der Waals surface area contributed by atoms with E-state index in [-0.39, 0.29) is 117 Å². The third-order valence-corrected chi connectivity index (χ3v) is 8.47. The maximum atomic E-state index is 14.3. The maximum absolute atomic E-state index is 14.3. The second-order valence-electron chi connectivity index (χ2n) is 11.2. The minimum Gasteiger partial charge on any atom is -1.00 e. The molecular formula is C35H27Br2ClF10N6Na2O8. The number of nitrogens with zero attached hydrogens (tertiary/aromatic N) is 3. The van der Waals surface area contributed by atoms with Crippen molar-refractivity contribution < 1.29 is 143 Å². The van der Waals surface area contributed by atoms with E-state index < -0.39 is 76.1 Å². The van der Waals surface area contributed by atoms with Crippen LogP contribution in [-0.2, 0) is 20.0 Å². The molecule has 338 valence electrons. The fourth-order valence-corrected chi connectivity index (χ4v) is 5.35. The van der Waals surface area contributed by atoms with Crippen LogP contribution in [0.25, 0.3) is 0 Å². The van der Waals surface area contributed by atoms with Crippen LogP contribution >= 0.6 is 44.3 Å². The monoisotopic (exact) mass is 1090 g/mol.